The van der Waals surface area contributed by atoms with Crippen LogP contribution < -0.4 is 0 Å². The second kappa shape index (κ2) is 7.34. The van der Waals surface area contributed by atoms with Gasteiger partial charge < -0.3 is 9.80 Å². The fraction of sp³-hybridized carbons (Fsp3) is 0.529. The summed E-state index contributed by atoms with van der Waals surface area (Å²) < 4.78 is 23.1. The molecular weight excluding hydrogens is 328 g/mol. The number of sulfone groups is 1. The molecule has 1 unspecified atom stereocenters. The van der Waals surface area contributed by atoms with Crippen molar-refractivity contribution in [1.82, 2.24) is 9.80 Å². The van der Waals surface area contributed by atoms with E-state index in [0.29, 0.717) is 13.0 Å². The number of benzene rings is 1. The van der Waals surface area contributed by atoms with E-state index in [1.807, 2.05) is 31.2 Å². The Morgan fingerprint density at radius 1 is 1.21 bits per heavy atom. The van der Waals surface area contributed by atoms with Gasteiger partial charge in [0.25, 0.3) is 0 Å². The van der Waals surface area contributed by atoms with Crippen molar-refractivity contribution in [3.05, 3.63) is 35.4 Å². The number of hydrogen-bond acceptors (Lipinski definition) is 4. The van der Waals surface area contributed by atoms with Crippen LogP contribution in [-0.4, -0.2) is 61.2 Å². The monoisotopic (exact) mass is 352 g/mol. The molecular formula is C17H24N2O4S. The lowest BCUT2D eigenvalue weighted by molar-refractivity contribution is -0.140. The van der Waals surface area contributed by atoms with Crippen molar-refractivity contribution in [2.24, 2.45) is 0 Å². The van der Waals surface area contributed by atoms with E-state index in [9.17, 15) is 18.0 Å². The molecule has 0 bridgehead atoms. The molecule has 2 amide bonds. The molecule has 1 atom stereocenters. The average molecular weight is 352 g/mol. The van der Waals surface area contributed by atoms with Gasteiger partial charge in [0, 0.05) is 26.6 Å². The van der Waals surface area contributed by atoms with E-state index in [1.165, 1.54) is 16.7 Å². The van der Waals surface area contributed by atoms with Crippen LogP contribution >= 0.6 is 0 Å². The highest BCUT2D eigenvalue weighted by Gasteiger charge is 2.33. The van der Waals surface area contributed by atoms with Gasteiger partial charge in [-0.2, -0.15) is 0 Å². The molecule has 1 heterocycles. The van der Waals surface area contributed by atoms with Gasteiger partial charge in [-0.25, -0.2) is 8.42 Å². The summed E-state index contributed by atoms with van der Waals surface area (Å²) in [4.78, 5) is 27.2. The summed E-state index contributed by atoms with van der Waals surface area (Å²) in [5.41, 5.74) is 2.08. The number of nitrogens with zero attached hydrogens (tertiary/aromatic N) is 2. The quantitative estimate of drug-likeness (QED) is 0.792. The highest BCUT2D eigenvalue weighted by atomic mass is 32.2. The van der Waals surface area contributed by atoms with Crippen molar-refractivity contribution < 1.29 is 18.0 Å². The van der Waals surface area contributed by atoms with Gasteiger partial charge in [0.15, 0.2) is 9.84 Å². The van der Waals surface area contributed by atoms with Crippen molar-refractivity contribution in [2.45, 2.75) is 32.9 Å². The van der Waals surface area contributed by atoms with Crippen molar-refractivity contribution in [2.75, 3.05) is 25.1 Å². The first-order valence-corrected chi connectivity index (χ1v) is 9.77. The van der Waals surface area contributed by atoms with Gasteiger partial charge in [-0.05, 0) is 18.9 Å². The number of likely N-dealkylation sites (N-methyl/N-ethyl adjacent to an activating group) is 1. The molecule has 0 N–H and O–H groups in total. The predicted octanol–water partition coefficient (Wildman–Crippen LogP) is 0.989. The zero-order valence-electron chi connectivity index (χ0n) is 14.4. The minimum absolute atomic E-state index is 0.00722. The summed E-state index contributed by atoms with van der Waals surface area (Å²) in [7, 11) is -1.44. The Morgan fingerprint density at radius 3 is 2.33 bits per heavy atom. The largest absolute Gasteiger partial charge is 0.340 e. The van der Waals surface area contributed by atoms with E-state index in [1.54, 1.807) is 7.05 Å². The third kappa shape index (κ3) is 4.80. The lowest BCUT2D eigenvalue weighted by atomic mass is 10.1. The zero-order valence-corrected chi connectivity index (χ0v) is 15.2. The van der Waals surface area contributed by atoms with Crippen LogP contribution in [0.1, 0.15) is 24.5 Å². The van der Waals surface area contributed by atoms with Crippen molar-refractivity contribution in [1.29, 1.82) is 0 Å². The molecule has 1 aromatic rings. The van der Waals surface area contributed by atoms with Gasteiger partial charge in [0.1, 0.15) is 6.54 Å². The van der Waals surface area contributed by atoms with Gasteiger partial charge >= 0.3 is 0 Å². The topological polar surface area (TPSA) is 74.8 Å². The Kier molecular flexibility index (Phi) is 5.64. The Balaban J connectivity index is 2.00. The smallest absolute Gasteiger partial charge is 0.242 e. The molecule has 1 aliphatic heterocycles. The number of rotatable bonds is 5. The van der Waals surface area contributed by atoms with E-state index >= 15 is 0 Å². The molecule has 132 valence electrons. The summed E-state index contributed by atoms with van der Waals surface area (Å²) in [6.45, 7) is 3.73. The Bertz CT molecular complexity index is 713. The van der Waals surface area contributed by atoms with Gasteiger partial charge in [-0.1, -0.05) is 29.8 Å². The van der Waals surface area contributed by atoms with E-state index in [0.717, 1.165) is 11.1 Å². The van der Waals surface area contributed by atoms with Gasteiger partial charge in [0.05, 0.1) is 11.5 Å². The lowest BCUT2D eigenvalue weighted by Crippen LogP contribution is -2.44. The molecule has 0 radical (unpaired) electrons. The van der Waals surface area contributed by atoms with Crippen LogP contribution in [0.4, 0.5) is 0 Å². The van der Waals surface area contributed by atoms with Crippen LogP contribution in [0, 0.1) is 6.92 Å². The Morgan fingerprint density at radius 2 is 1.83 bits per heavy atom. The van der Waals surface area contributed by atoms with Gasteiger partial charge in [-0.3, -0.25) is 9.59 Å². The minimum Gasteiger partial charge on any atom is -0.340 e. The van der Waals surface area contributed by atoms with Crippen LogP contribution in [0.25, 0.3) is 0 Å². The number of hydrogen-bond donors (Lipinski definition) is 0. The Labute approximate surface area is 143 Å². The Hall–Kier alpha value is -1.89. The third-order valence-electron chi connectivity index (χ3n) is 4.41. The number of amides is 2. The van der Waals surface area contributed by atoms with Crippen molar-refractivity contribution in [3.8, 4) is 0 Å². The van der Waals surface area contributed by atoms with E-state index in [4.69, 9.17) is 0 Å². The summed E-state index contributed by atoms with van der Waals surface area (Å²) in [6, 6.07) is 7.50. The maximum atomic E-state index is 12.4. The fourth-order valence-electron chi connectivity index (χ4n) is 2.75. The second-order valence-corrected chi connectivity index (χ2v) is 8.65. The van der Waals surface area contributed by atoms with Crippen LogP contribution in [0.2, 0.25) is 0 Å². The summed E-state index contributed by atoms with van der Waals surface area (Å²) in [5.74, 6) is -0.293. The van der Waals surface area contributed by atoms with Crippen LogP contribution in [0.15, 0.2) is 24.3 Å². The molecule has 1 aromatic carbocycles. The number of carbonyl (C=O) groups is 2. The number of carbonyl (C=O) groups excluding carboxylic acids is 2. The molecule has 0 spiro atoms. The molecule has 1 saturated heterocycles. The van der Waals surface area contributed by atoms with Crippen molar-refractivity contribution in [3.63, 3.8) is 0 Å². The standard InChI is InChI=1S/C17H24N2O4S/c1-13-4-6-15(7-5-13)10-19(14(2)20)11-17(21)18(3)16-8-9-24(22,23)12-16/h4-7,16H,8-12H2,1-3H3. The molecule has 7 heteroatoms. The SMILES string of the molecule is CC(=O)N(CC(=O)N(C)C1CCS(=O)(=O)C1)Cc1ccc(C)cc1. The molecule has 2 rings (SSSR count). The highest BCUT2D eigenvalue weighted by Crippen LogP contribution is 2.17. The second-order valence-electron chi connectivity index (χ2n) is 6.42. The average Bonchev–Trinajstić information content (AvgIpc) is 2.87. The van der Waals surface area contributed by atoms with E-state index < -0.39 is 9.84 Å². The molecule has 1 aliphatic rings. The minimum atomic E-state index is -3.05. The summed E-state index contributed by atoms with van der Waals surface area (Å²) >= 11 is 0. The molecule has 24 heavy (non-hydrogen) atoms. The number of aryl methyl sites for hydroxylation is 1. The van der Waals surface area contributed by atoms with Crippen LogP contribution in [0.3, 0.4) is 0 Å². The van der Waals surface area contributed by atoms with Crippen molar-refractivity contribution >= 4 is 21.7 Å². The molecule has 1 fully saturated rings. The lowest BCUT2D eigenvalue weighted by Gasteiger charge is -2.27. The maximum Gasteiger partial charge on any atom is 0.242 e. The summed E-state index contributed by atoms with van der Waals surface area (Å²) in [6.07, 6.45) is 0.461. The normalized spacial score (nSPS) is 19.0. The molecule has 0 aromatic heterocycles. The van der Waals surface area contributed by atoms with Crippen LogP contribution in [-0.2, 0) is 26.0 Å². The highest BCUT2D eigenvalue weighted by molar-refractivity contribution is 7.91. The third-order valence-corrected chi connectivity index (χ3v) is 6.17. The van der Waals surface area contributed by atoms with Gasteiger partial charge in [-0.15, -0.1) is 0 Å². The zero-order chi connectivity index (χ0) is 17.9. The van der Waals surface area contributed by atoms with E-state index in [2.05, 4.69) is 0 Å². The maximum absolute atomic E-state index is 12.4. The first-order chi connectivity index (χ1) is 11.2. The fourth-order valence-corrected chi connectivity index (χ4v) is 4.53. The first-order valence-electron chi connectivity index (χ1n) is 7.95. The predicted molar refractivity (Wildman–Crippen MR) is 92.1 cm³/mol. The van der Waals surface area contributed by atoms with E-state index in [-0.39, 0.29) is 35.9 Å². The molecule has 6 nitrogen and oxygen atoms in total. The molecule has 0 aliphatic carbocycles. The van der Waals surface area contributed by atoms with Gasteiger partial charge in [0.2, 0.25) is 11.8 Å². The van der Waals surface area contributed by atoms with Crippen LogP contribution in [0.5, 0.6) is 0 Å². The first kappa shape index (κ1) is 18.4. The molecule has 0 saturated carbocycles. The summed E-state index contributed by atoms with van der Waals surface area (Å²) in [5, 5.41) is 0.